The van der Waals surface area contributed by atoms with Crippen LogP contribution in [0.2, 0.25) is 0 Å². The smallest absolute Gasteiger partial charge is 0.209 e. The van der Waals surface area contributed by atoms with Gasteiger partial charge in [0.2, 0.25) is 6.41 Å². The SMILES string of the molecule is CCCCN(C=O)C1CCN(Cc2c(OC)cc(C)c3[nH]ccc23)CC1. The summed E-state index contributed by atoms with van der Waals surface area (Å²) in [5.74, 6) is 0.967. The molecule has 0 atom stereocenters. The van der Waals surface area contributed by atoms with Gasteiger partial charge in [-0.2, -0.15) is 0 Å². The van der Waals surface area contributed by atoms with E-state index in [1.807, 2.05) is 11.1 Å². The molecule has 0 bridgehead atoms. The summed E-state index contributed by atoms with van der Waals surface area (Å²) in [5, 5.41) is 1.25. The van der Waals surface area contributed by atoms with Gasteiger partial charge in [-0.3, -0.25) is 9.69 Å². The van der Waals surface area contributed by atoms with E-state index in [0.29, 0.717) is 6.04 Å². The van der Waals surface area contributed by atoms with Crippen molar-refractivity contribution in [2.45, 2.75) is 52.1 Å². The van der Waals surface area contributed by atoms with Crippen molar-refractivity contribution in [2.24, 2.45) is 0 Å². The molecule has 1 aromatic carbocycles. The summed E-state index contributed by atoms with van der Waals surface area (Å²) < 4.78 is 5.67. The zero-order valence-electron chi connectivity index (χ0n) is 16.3. The van der Waals surface area contributed by atoms with Gasteiger partial charge in [0.05, 0.1) is 7.11 Å². The summed E-state index contributed by atoms with van der Waals surface area (Å²) in [7, 11) is 1.75. The molecule has 0 spiro atoms. The molecular formula is C21H31N3O2. The van der Waals surface area contributed by atoms with E-state index in [0.717, 1.165) is 64.0 Å². The molecule has 1 N–H and O–H groups in total. The van der Waals surface area contributed by atoms with Crippen LogP contribution in [-0.2, 0) is 11.3 Å². The second kappa shape index (κ2) is 8.58. The Morgan fingerprint density at radius 3 is 2.81 bits per heavy atom. The number of unbranched alkanes of at least 4 members (excludes halogenated alkanes) is 1. The highest BCUT2D eigenvalue weighted by Crippen LogP contribution is 2.32. The number of nitrogens with zero attached hydrogens (tertiary/aromatic N) is 2. The Morgan fingerprint density at radius 2 is 2.15 bits per heavy atom. The summed E-state index contributed by atoms with van der Waals surface area (Å²) in [6.07, 6.45) is 7.36. The summed E-state index contributed by atoms with van der Waals surface area (Å²) in [4.78, 5) is 19.3. The van der Waals surface area contributed by atoms with E-state index in [4.69, 9.17) is 4.74 Å². The number of benzene rings is 1. The maximum atomic E-state index is 11.4. The van der Waals surface area contributed by atoms with Crippen molar-refractivity contribution in [3.8, 4) is 5.75 Å². The molecule has 0 unspecified atom stereocenters. The predicted molar refractivity (Wildman–Crippen MR) is 106 cm³/mol. The fraction of sp³-hybridized carbons (Fsp3) is 0.571. The number of carbonyl (C=O) groups is 1. The molecule has 1 aliphatic heterocycles. The number of hydrogen-bond acceptors (Lipinski definition) is 3. The molecule has 2 aromatic rings. The minimum atomic E-state index is 0.391. The first-order chi connectivity index (χ1) is 12.7. The predicted octanol–water partition coefficient (Wildman–Crippen LogP) is 3.71. The van der Waals surface area contributed by atoms with Gasteiger partial charge in [0.1, 0.15) is 5.75 Å². The van der Waals surface area contributed by atoms with Crippen LogP contribution in [0, 0.1) is 6.92 Å². The van der Waals surface area contributed by atoms with Crippen molar-refractivity contribution in [1.82, 2.24) is 14.8 Å². The molecule has 3 rings (SSSR count). The molecule has 1 saturated heterocycles. The lowest BCUT2D eigenvalue weighted by atomic mass is 10.0. The molecule has 1 fully saturated rings. The number of ether oxygens (including phenoxy) is 1. The largest absolute Gasteiger partial charge is 0.496 e. The average Bonchev–Trinajstić information content (AvgIpc) is 3.16. The fourth-order valence-electron chi connectivity index (χ4n) is 4.08. The van der Waals surface area contributed by atoms with Crippen molar-refractivity contribution in [3.05, 3.63) is 29.5 Å². The molecule has 1 amide bonds. The third-order valence-electron chi connectivity index (χ3n) is 5.64. The van der Waals surface area contributed by atoms with Gasteiger partial charge in [0, 0.05) is 54.9 Å². The van der Waals surface area contributed by atoms with E-state index < -0.39 is 0 Å². The topological polar surface area (TPSA) is 48.6 Å². The van der Waals surface area contributed by atoms with Gasteiger partial charge in [-0.1, -0.05) is 13.3 Å². The lowest BCUT2D eigenvalue weighted by Crippen LogP contribution is -2.44. The normalized spacial score (nSPS) is 16.1. The number of fused-ring (bicyclic) bond motifs is 1. The second-order valence-electron chi connectivity index (χ2n) is 7.34. The number of amides is 1. The van der Waals surface area contributed by atoms with Gasteiger partial charge < -0.3 is 14.6 Å². The van der Waals surface area contributed by atoms with Crippen molar-refractivity contribution >= 4 is 17.3 Å². The van der Waals surface area contributed by atoms with Crippen LogP contribution in [0.4, 0.5) is 0 Å². The standard InChI is InChI=1S/C21H31N3O2/c1-4-5-10-24(15-25)17-7-11-23(12-8-17)14-19-18-6-9-22-21(18)16(2)13-20(19)26-3/h6,9,13,15,17,22H,4-5,7-8,10-12,14H2,1-3H3. The number of aromatic nitrogens is 1. The Balaban J connectivity index is 1.68. The Labute approximate surface area is 156 Å². The lowest BCUT2D eigenvalue weighted by Gasteiger charge is -2.37. The molecule has 0 radical (unpaired) electrons. The van der Waals surface area contributed by atoms with Crippen molar-refractivity contribution < 1.29 is 9.53 Å². The molecular weight excluding hydrogens is 326 g/mol. The van der Waals surface area contributed by atoms with Crippen LogP contribution in [0.5, 0.6) is 5.75 Å². The first-order valence-corrected chi connectivity index (χ1v) is 9.74. The molecule has 142 valence electrons. The van der Waals surface area contributed by atoms with Crippen LogP contribution < -0.4 is 4.74 Å². The molecule has 2 heterocycles. The number of methoxy groups -OCH3 is 1. The lowest BCUT2D eigenvalue weighted by molar-refractivity contribution is -0.121. The second-order valence-corrected chi connectivity index (χ2v) is 7.34. The van der Waals surface area contributed by atoms with Crippen LogP contribution in [0.25, 0.3) is 10.9 Å². The van der Waals surface area contributed by atoms with Gasteiger partial charge in [0.25, 0.3) is 0 Å². The van der Waals surface area contributed by atoms with Gasteiger partial charge in [-0.15, -0.1) is 0 Å². The number of aromatic amines is 1. The number of hydrogen-bond donors (Lipinski definition) is 1. The number of carbonyl (C=O) groups excluding carboxylic acids is 1. The number of rotatable bonds is 8. The molecule has 26 heavy (non-hydrogen) atoms. The van der Waals surface area contributed by atoms with E-state index in [9.17, 15) is 4.79 Å². The molecule has 0 saturated carbocycles. The zero-order valence-corrected chi connectivity index (χ0v) is 16.3. The highest BCUT2D eigenvalue weighted by atomic mass is 16.5. The molecule has 5 nitrogen and oxygen atoms in total. The average molecular weight is 357 g/mol. The minimum absolute atomic E-state index is 0.391. The summed E-state index contributed by atoms with van der Waals surface area (Å²) in [6.45, 7) is 8.10. The first-order valence-electron chi connectivity index (χ1n) is 9.74. The van der Waals surface area contributed by atoms with Gasteiger partial charge in [-0.05, 0) is 43.9 Å². The highest BCUT2D eigenvalue weighted by molar-refractivity contribution is 5.88. The molecule has 1 aliphatic rings. The van der Waals surface area contributed by atoms with Gasteiger partial charge in [0.15, 0.2) is 0 Å². The third-order valence-corrected chi connectivity index (χ3v) is 5.64. The summed E-state index contributed by atoms with van der Waals surface area (Å²) in [6, 6.07) is 4.66. The first kappa shape index (κ1) is 18.8. The van der Waals surface area contributed by atoms with Crippen molar-refractivity contribution in [1.29, 1.82) is 0 Å². The Kier molecular flexibility index (Phi) is 6.20. The van der Waals surface area contributed by atoms with Crippen LogP contribution in [0.15, 0.2) is 18.3 Å². The quantitative estimate of drug-likeness (QED) is 0.733. The summed E-state index contributed by atoms with van der Waals surface area (Å²) in [5.41, 5.74) is 3.66. The maximum Gasteiger partial charge on any atom is 0.209 e. The minimum Gasteiger partial charge on any atom is -0.496 e. The van der Waals surface area contributed by atoms with E-state index in [-0.39, 0.29) is 0 Å². The van der Waals surface area contributed by atoms with E-state index in [1.54, 1.807) is 7.11 Å². The Morgan fingerprint density at radius 1 is 1.38 bits per heavy atom. The molecule has 1 aromatic heterocycles. The highest BCUT2D eigenvalue weighted by Gasteiger charge is 2.25. The van der Waals surface area contributed by atoms with Crippen LogP contribution in [-0.4, -0.2) is 54.0 Å². The van der Waals surface area contributed by atoms with Gasteiger partial charge >= 0.3 is 0 Å². The molecule has 5 heteroatoms. The number of H-pyrrole nitrogens is 1. The number of nitrogens with one attached hydrogen (secondary N) is 1. The summed E-state index contributed by atoms with van der Waals surface area (Å²) >= 11 is 0. The van der Waals surface area contributed by atoms with E-state index >= 15 is 0 Å². The Hall–Kier alpha value is -2.01. The zero-order chi connectivity index (χ0) is 18.5. The van der Waals surface area contributed by atoms with Crippen LogP contribution in [0.3, 0.4) is 0 Å². The molecule has 0 aliphatic carbocycles. The van der Waals surface area contributed by atoms with Crippen molar-refractivity contribution in [2.75, 3.05) is 26.7 Å². The maximum absolute atomic E-state index is 11.4. The van der Waals surface area contributed by atoms with E-state index in [2.05, 4.69) is 35.9 Å². The van der Waals surface area contributed by atoms with Crippen LogP contribution >= 0.6 is 0 Å². The number of piperidine rings is 1. The number of likely N-dealkylation sites (tertiary alicyclic amines) is 1. The van der Waals surface area contributed by atoms with Gasteiger partial charge in [-0.25, -0.2) is 0 Å². The third kappa shape index (κ3) is 3.88. The van der Waals surface area contributed by atoms with Crippen LogP contribution in [0.1, 0.15) is 43.7 Å². The van der Waals surface area contributed by atoms with E-state index in [1.165, 1.54) is 22.0 Å². The fourth-order valence-corrected chi connectivity index (χ4v) is 4.08. The monoisotopic (exact) mass is 357 g/mol. The Bertz CT molecular complexity index is 732. The number of aryl methyl sites for hydroxylation is 1. The van der Waals surface area contributed by atoms with Crippen molar-refractivity contribution in [3.63, 3.8) is 0 Å².